The number of hydrogen-bond acceptors (Lipinski definition) is 8. The number of rotatable bonds is 8. The third-order valence-corrected chi connectivity index (χ3v) is 6.40. The summed E-state index contributed by atoms with van der Waals surface area (Å²) in [5.74, 6) is 3.33. The number of nitrogen functional groups attached to an aromatic ring is 1. The van der Waals surface area contributed by atoms with E-state index >= 15 is 0 Å². The zero-order chi connectivity index (χ0) is 15.9. The lowest BCUT2D eigenvalue weighted by Crippen LogP contribution is -2.28. The van der Waals surface area contributed by atoms with E-state index < -0.39 is 0 Å². The molecular formula is C15H23N5S3. The first-order valence-corrected chi connectivity index (χ1v) is 10.8. The van der Waals surface area contributed by atoms with E-state index in [0.717, 1.165) is 42.1 Å². The summed E-state index contributed by atoms with van der Waals surface area (Å²) in [6.45, 7) is 4.53. The Hall–Kier alpha value is -0.830. The van der Waals surface area contributed by atoms with Crippen molar-refractivity contribution < 1.29 is 0 Å². The Labute approximate surface area is 150 Å². The molecule has 0 radical (unpaired) electrons. The van der Waals surface area contributed by atoms with Gasteiger partial charge >= 0.3 is 0 Å². The zero-order valence-corrected chi connectivity index (χ0v) is 15.6. The van der Waals surface area contributed by atoms with Gasteiger partial charge in [-0.3, -0.25) is 4.90 Å². The molecule has 0 amide bonds. The predicted molar refractivity (Wildman–Crippen MR) is 102 cm³/mol. The topological polar surface area (TPSA) is 67.1 Å². The van der Waals surface area contributed by atoms with Gasteiger partial charge in [-0.15, -0.1) is 11.3 Å². The van der Waals surface area contributed by atoms with Crippen LogP contribution in [0.25, 0.3) is 0 Å². The smallest absolute Gasteiger partial charge is 0.184 e. The second-order valence-electron chi connectivity index (χ2n) is 5.74. The molecule has 1 fully saturated rings. The second kappa shape index (κ2) is 8.86. The number of anilines is 2. The molecule has 2 aromatic rings. The summed E-state index contributed by atoms with van der Waals surface area (Å²) in [5.41, 5.74) is 7.14. The maximum atomic E-state index is 5.69. The van der Waals surface area contributed by atoms with E-state index in [9.17, 15) is 0 Å². The SMILES string of the molecule is Nc1nsnc1NCCSCc1csc(CN2CCCCC2)c1. The molecule has 0 aliphatic carbocycles. The molecule has 23 heavy (non-hydrogen) atoms. The highest BCUT2D eigenvalue weighted by atomic mass is 32.2. The predicted octanol–water partition coefficient (Wildman–Crippen LogP) is 3.51. The third kappa shape index (κ3) is 5.34. The van der Waals surface area contributed by atoms with Crippen LogP contribution < -0.4 is 11.1 Å². The average Bonchev–Trinajstić information content (AvgIpc) is 3.17. The largest absolute Gasteiger partial charge is 0.380 e. The molecule has 3 heterocycles. The van der Waals surface area contributed by atoms with Gasteiger partial charge in [0.1, 0.15) is 0 Å². The third-order valence-electron chi connectivity index (χ3n) is 3.86. The van der Waals surface area contributed by atoms with E-state index in [2.05, 4.69) is 30.4 Å². The number of nitrogens with zero attached hydrogens (tertiary/aromatic N) is 3. The highest BCUT2D eigenvalue weighted by molar-refractivity contribution is 7.98. The Morgan fingerprint density at radius 3 is 2.91 bits per heavy atom. The lowest BCUT2D eigenvalue weighted by atomic mass is 10.1. The minimum Gasteiger partial charge on any atom is -0.380 e. The summed E-state index contributed by atoms with van der Waals surface area (Å²) in [7, 11) is 0. The fraction of sp³-hybridized carbons (Fsp3) is 0.600. The Morgan fingerprint density at radius 1 is 1.26 bits per heavy atom. The summed E-state index contributed by atoms with van der Waals surface area (Å²) in [5, 5.41) is 5.53. The number of nitrogens with one attached hydrogen (secondary N) is 1. The lowest BCUT2D eigenvalue weighted by Gasteiger charge is -2.25. The number of likely N-dealkylation sites (tertiary alicyclic amines) is 1. The Bertz CT molecular complexity index is 591. The van der Waals surface area contributed by atoms with Crippen molar-refractivity contribution in [3.63, 3.8) is 0 Å². The summed E-state index contributed by atoms with van der Waals surface area (Å²) in [6.07, 6.45) is 4.12. The van der Waals surface area contributed by atoms with Gasteiger partial charge in [0.15, 0.2) is 11.6 Å². The lowest BCUT2D eigenvalue weighted by molar-refractivity contribution is 0.222. The standard InChI is InChI=1S/C15H23N5S3/c16-14-15(19-23-18-14)17-4-7-21-10-12-8-13(22-11-12)9-20-5-2-1-3-6-20/h8,11H,1-7,9-10H2,(H2,16,18)(H,17,19). The van der Waals surface area contributed by atoms with Crippen molar-refractivity contribution in [3.8, 4) is 0 Å². The molecular weight excluding hydrogens is 346 g/mol. The molecule has 0 unspecified atom stereocenters. The van der Waals surface area contributed by atoms with Gasteiger partial charge in [0.2, 0.25) is 0 Å². The van der Waals surface area contributed by atoms with Crippen LogP contribution in [0.15, 0.2) is 11.4 Å². The Balaban J connectivity index is 1.33. The van der Waals surface area contributed by atoms with E-state index in [0.29, 0.717) is 5.82 Å². The monoisotopic (exact) mass is 369 g/mol. The van der Waals surface area contributed by atoms with E-state index in [4.69, 9.17) is 5.73 Å². The molecule has 3 rings (SSSR count). The molecule has 0 spiro atoms. The highest BCUT2D eigenvalue weighted by Crippen LogP contribution is 2.22. The van der Waals surface area contributed by atoms with E-state index in [1.807, 2.05) is 23.1 Å². The molecule has 0 bridgehead atoms. The van der Waals surface area contributed by atoms with Gasteiger partial charge in [-0.2, -0.15) is 20.5 Å². The quantitative estimate of drug-likeness (QED) is 0.694. The fourth-order valence-electron chi connectivity index (χ4n) is 2.67. The van der Waals surface area contributed by atoms with Gasteiger partial charge in [-0.1, -0.05) is 6.42 Å². The van der Waals surface area contributed by atoms with Gasteiger partial charge in [0, 0.05) is 29.5 Å². The van der Waals surface area contributed by atoms with Crippen molar-refractivity contribution in [1.82, 2.24) is 13.6 Å². The van der Waals surface area contributed by atoms with Gasteiger partial charge in [-0.05, 0) is 42.9 Å². The number of nitrogens with two attached hydrogens (primary N) is 1. The zero-order valence-electron chi connectivity index (χ0n) is 13.2. The summed E-state index contributed by atoms with van der Waals surface area (Å²) >= 11 is 4.99. The van der Waals surface area contributed by atoms with Crippen molar-refractivity contribution in [3.05, 3.63) is 21.9 Å². The van der Waals surface area contributed by atoms with E-state index in [-0.39, 0.29) is 0 Å². The van der Waals surface area contributed by atoms with Gasteiger partial charge < -0.3 is 11.1 Å². The summed E-state index contributed by atoms with van der Waals surface area (Å²) in [4.78, 5) is 4.09. The maximum absolute atomic E-state index is 5.69. The first-order chi connectivity index (χ1) is 11.3. The normalized spacial score (nSPS) is 15.8. The summed E-state index contributed by atoms with van der Waals surface area (Å²) in [6, 6.07) is 2.38. The number of hydrogen-bond donors (Lipinski definition) is 2. The van der Waals surface area contributed by atoms with Crippen LogP contribution >= 0.6 is 34.8 Å². The molecule has 1 aliphatic rings. The molecule has 5 nitrogen and oxygen atoms in total. The number of thiophene rings is 1. The fourth-order valence-corrected chi connectivity index (χ4v) is 4.96. The molecule has 3 N–H and O–H groups in total. The van der Waals surface area contributed by atoms with Crippen LogP contribution in [0.2, 0.25) is 0 Å². The molecule has 8 heteroatoms. The molecule has 1 saturated heterocycles. The summed E-state index contributed by atoms with van der Waals surface area (Å²) < 4.78 is 8.06. The van der Waals surface area contributed by atoms with Crippen LogP contribution in [-0.2, 0) is 12.3 Å². The van der Waals surface area contributed by atoms with E-state index in [1.165, 1.54) is 42.8 Å². The second-order valence-corrected chi connectivity index (χ2v) is 8.36. The molecule has 0 atom stereocenters. The first kappa shape index (κ1) is 17.0. The van der Waals surface area contributed by atoms with E-state index in [1.54, 1.807) is 0 Å². The molecule has 1 aliphatic heterocycles. The Morgan fingerprint density at radius 2 is 2.13 bits per heavy atom. The highest BCUT2D eigenvalue weighted by Gasteiger charge is 2.11. The van der Waals surface area contributed by atoms with Crippen molar-refractivity contribution in [2.45, 2.75) is 31.6 Å². The van der Waals surface area contributed by atoms with Crippen LogP contribution in [-0.4, -0.2) is 39.0 Å². The Kier molecular flexibility index (Phi) is 6.56. The average molecular weight is 370 g/mol. The van der Waals surface area contributed by atoms with Crippen LogP contribution in [0.4, 0.5) is 11.6 Å². The van der Waals surface area contributed by atoms with Crippen LogP contribution in [0.5, 0.6) is 0 Å². The van der Waals surface area contributed by atoms with Crippen LogP contribution in [0.3, 0.4) is 0 Å². The van der Waals surface area contributed by atoms with Crippen molar-refractivity contribution >= 4 is 46.5 Å². The molecule has 0 saturated carbocycles. The van der Waals surface area contributed by atoms with Crippen molar-refractivity contribution in [1.29, 1.82) is 0 Å². The minimum atomic E-state index is 0.500. The van der Waals surface area contributed by atoms with Gasteiger partial charge in [0.25, 0.3) is 0 Å². The van der Waals surface area contributed by atoms with Gasteiger partial charge in [-0.25, -0.2) is 0 Å². The first-order valence-electron chi connectivity index (χ1n) is 7.99. The minimum absolute atomic E-state index is 0.500. The number of thioether (sulfide) groups is 1. The molecule has 0 aromatic carbocycles. The van der Waals surface area contributed by atoms with Gasteiger partial charge in [0.05, 0.1) is 11.7 Å². The van der Waals surface area contributed by atoms with Crippen LogP contribution in [0.1, 0.15) is 29.7 Å². The number of aromatic nitrogens is 2. The maximum Gasteiger partial charge on any atom is 0.184 e. The number of piperidine rings is 1. The van der Waals surface area contributed by atoms with Crippen molar-refractivity contribution in [2.75, 3.05) is 36.4 Å². The molecule has 2 aromatic heterocycles. The van der Waals surface area contributed by atoms with Crippen molar-refractivity contribution in [2.24, 2.45) is 0 Å². The van der Waals surface area contributed by atoms with Crippen LogP contribution in [0, 0.1) is 0 Å². The molecule has 126 valence electrons.